The Balaban J connectivity index is 4.45. The normalized spacial score (nSPS) is 11.4. The Bertz CT molecular complexity index is 271. The Morgan fingerprint density at radius 3 is 2.06 bits per heavy atom. The van der Waals surface area contributed by atoms with Gasteiger partial charge in [0, 0.05) is 13.1 Å². The molecule has 0 fully saturated rings. The first-order valence-corrected chi connectivity index (χ1v) is 5.46. The number of hydrogen-bond donors (Lipinski definition) is 1. The Kier molecular flexibility index (Phi) is 5.95. The van der Waals surface area contributed by atoms with Crippen LogP contribution in [0.1, 0.15) is 20.8 Å². The number of carboxylic acid groups (broad SMARTS) is 1. The molecule has 0 aromatic carbocycles. The Labute approximate surface area is 102 Å². The van der Waals surface area contributed by atoms with Crippen LogP contribution in [0.4, 0.5) is 4.79 Å². The van der Waals surface area contributed by atoms with Gasteiger partial charge in [0.25, 0.3) is 0 Å². The van der Waals surface area contributed by atoms with Crippen LogP contribution in [0, 0.1) is 0 Å². The number of likely N-dealkylation sites (N-methyl/N-ethyl adjacent to an activating group) is 1. The van der Waals surface area contributed by atoms with Gasteiger partial charge in [-0.2, -0.15) is 0 Å². The van der Waals surface area contributed by atoms with Gasteiger partial charge in [0.05, 0.1) is 0 Å². The molecule has 17 heavy (non-hydrogen) atoms. The maximum atomic E-state index is 11.7. The number of carbonyl (C=O) groups is 2. The molecule has 100 valence electrons. The predicted molar refractivity (Wildman–Crippen MR) is 64.0 cm³/mol. The standard InChI is InChI=1S/C11H22N2O4/c1-11(2,3)17-10(16)13(8-9(14)15)7-6-12(4)5/h6-8H2,1-5H3,(H,14,15). The van der Waals surface area contributed by atoms with Crippen LogP contribution in [-0.2, 0) is 9.53 Å². The van der Waals surface area contributed by atoms with Crippen molar-refractivity contribution in [2.75, 3.05) is 33.7 Å². The van der Waals surface area contributed by atoms with Gasteiger partial charge in [0.1, 0.15) is 12.1 Å². The minimum atomic E-state index is -1.05. The summed E-state index contributed by atoms with van der Waals surface area (Å²) in [6.07, 6.45) is -0.596. The largest absolute Gasteiger partial charge is 0.480 e. The van der Waals surface area contributed by atoms with Gasteiger partial charge in [-0.1, -0.05) is 0 Å². The minimum absolute atomic E-state index is 0.328. The van der Waals surface area contributed by atoms with Crippen molar-refractivity contribution in [1.82, 2.24) is 9.80 Å². The molecule has 0 rings (SSSR count). The Morgan fingerprint density at radius 1 is 1.18 bits per heavy atom. The van der Waals surface area contributed by atoms with E-state index >= 15 is 0 Å². The lowest BCUT2D eigenvalue weighted by molar-refractivity contribution is -0.138. The molecular formula is C11H22N2O4. The second-order valence-corrected chi connectivity index (χ2v) is 5.10. The molecular weight excluding hydrogens is 224 g/mol. The lowest BCUT2D eigenvalue weighted by atomic mass is 10.2. The highest BCUT2D eigenvalue weighted by Crippen LogP contribution is 2.09. The fraction of sp³-hybridized carbons (Fsp3) is 0.818. The quantitative estimate of drug-likeness (QED) is 0.779. The number of nitrogens with zero attached hydrogens (tertiary/aromatic N) is 2. The van der Waals surface area contributed by atoms with E-state index in [2.05, 4.69) is 0 Å². The van der Waals surface area contributed by atoms with E-state index in [0.717, 1.165) is 0 Å². The number of amides is 1. The molecule has 0 heterocycles. The maximum absolute atomic E-state index is 11.7. The molecule has 0 bridgehead atoms. The van der Waals surface area contributed by atoms with Gasteiger partial charge in [0.15, 0.2) is 0 Å². The average molecular weight is 246 g/mol. The molecule has 6 heteroatoms. The number of hydrogen-bond acceptors (Lipinski definition) is 4. The monoisotopic (exact) mass is 246 g/mol. The highest BCUT2D eigenvalue weighted by Gasteiger charge is 2.23. The van der Waals surface area contributed by atoms with Crippen molar-refractivity contribution in [3.63, 3.8) is 0 Å². The molecule has 0 aromatic rings. The van der Waals surface area contributed by atoms with E-state index in [4.69, 9.17) is 9.84 Å². The van der Waals surface area contributed by atoms with Crippen LogP contribution in [0.15, 0.2) is 0 Å². The number of carbonyl (C=O) groups excluding carboxylic acids is 1. The summed E-state index contributed by atoms with van der Waals surface area (Å²) in [6, 6.07) is 0. The van der Waals surface area contributed by atoms with Gasteiger partial charge in [-0.05, 0) is 34.9 Å². The third-order valence-electron chi connectivity index (χ3n) is 1.79. The SMILES string of the molecule is CN(C)CCN(CC(=O)O)C(=O)OC(C)(C)C. The maximum Gasteiger partial charge on any atom is 0.410 e. The van der Waals surface area contributed by atoms with Gasteiger partial charge in [-0.15, -0.1) is 0 Å². The first-order chi connectivity index (χ1) is 7.61. The molecule has 0 atom stereocenters. The van der Waals surface area contributed by atoms with Crippen molar-refractivity contribution in [2.45, 2.75) is 26.4 Å². The van der Waals surface area contributed by atoms with Crippen LogP contribution in [0.3, 0.4) is 0 Å². The molecule has 1 N–H and O–H groups in total. The lowest BCUT2D eigenvalue weighted by Crippen LogP contribution is -2.42. The van der Waals surface area contributed by atoms with E-state index in [0.29, 0.717) is 13.1 Å². The van der Waals surface area contributed by atoms with Crippen molar-refractivity contribution < 1.29 is 19.4 Å². The summed E-state index contributed by atoms with van der Waals surface area (Å²) in [7, 11) is 3.71. The van der Waals surface area contributed by atoms with Crippen LogP contribution < -0.4 is 0 Å². The van der Waals surface area contributed by atoms with Crippen LogP contribution >= 0.6 is 0 Å². The molecule has 0 spiro atoms. The minimum Gasteiger partial charge on any atom is -0.480 e. The van der Waals surface area contributed by atoms with Gasteiger partial charge >= 0.3 is 12.1 Å². The number of ether oxygens (including phenoxy) is 1. The molecule has 1 amide bonds. The van der Waals surface area contributed by atoms with Gasteiger partial charge in [-0.3, -0.25) is 9.69 Å². The van der Waals surface area contributed by atoms with Crippen molar-refractivity contribution in [3.8, 4) is 0 Å². The zero-order valence-corrected chi connectivity index (χ0v) is 11.2. The van der Waals surface area contributed by atoms with Gasteiger partial charge < -0.3 is 14.7 Å². The van der Waals surface area contributed by atoms with Crippen LogP contribution in [0.2, 0.25) is 0 Å². The number of rotatable bonds is 5. The van der Waals surface area contributed by atoms with E-state index in [1.54, 1.807) is 20.8 Å². The topological polar surface area (TPSA) is 70.1 Å². The summed E-state index contributed by atoms with van der Waals surface area (Å²) < 4.78 is 5.14. The highest BCUT2D eigenvalue weighted by atomic mass is 16.6. The summed E-state index contributed by atoms with van der Waals surface area (Å²) in [6.45, 7) is 5.81. The van der Waals surface area contributed by atoms with Crippen molar-refractivity contribution >= 4 is 12.1 Å². The second-order valence-electron chi connectivity index (χ2n) is 5.10. The third-order valence-corrected chi connectivity index (χ3v) is 1.79. The van der Waals surface area contributed by atoms with Crippen molar-refractivity contribution in [1.29, 1.82) is 0 Å². The molecule has 0 aliphatic heterocycles. The Morgan fingerprint density at radius 2 is 1.71 bits per heavy atom. The predicted octanol–water partition coefficient (Wildman–Crippen LogP) is 0.870. The summed E-state index contributed by atoms with van der Waals surface area (Å²) in [5.41, 5.74) is -0.619. The zero-order valence-electron chi connectivity index (χ0n) is 11.2. The van der Waals surface area contributed by atoms with Gasteiger partial charge in [0.2, 0.25) is 0 Å². The fourth-order valence-electron chi connectivity index (χ4n) is 1.05. The van der Waals surface area contributed by atoms with E-state index < -0.39 is 17.7 Å². The van der Waals surface area contributed by atoms with Crippen LogP contribution in [-0.4, -0.2) is 66.3 Å². The van der Waals surface area contributed by atoms with E-state index in [1.165, 1.54) is 4.90 Å². The molecule has 0 saturated heterocycles. The van der Waals surface area contributed by atoms with Crippen LogP contribution in [0.5, 0.6) is 0 Å². The van der Waals surface area contributed by atoms with E-state index in [-0.39, 0.29) is 6.54 Å². The van der Waals surface area contributed by atoms with Crippen LogP contribution in [0.25, 0.3) is 0 Å². The zero-order chi connectivity index (χ0) is 13.6. The Hall–Kier alpha value is -1.30. The fourth-order valence-corrected chi connectivity index (χ4v) is 1.05. The summed E-state index contributed by atoms with van der Waals surface area (Å²) in [4.78, 5) is 25.5. The molecule has 0 aromatic heterocycles. The van der Waals surface area contributed by atoms with Crippen molar-refractivity contribution in [3.05, 3.63) is 0 Å². The first kappa shape index (κ1) is 15.7. The molecule has 6 nitrogen and oxygen atoms in total. The summed E-state index contributed by atoms with van der Waals surface area (Å²) in [5.74, 6) is -1.05. The smallest absolute Gasteiger partial charge is 0.410 e. The number of aliphatic carboxylic acids is 1. The molecule has 0 aliphatic carbocycles. The third kappa shape index (κ3) is 8.50. The molecule has 0 saturated carbocycles. The lowest BCUT2D eigenvalue weighted by Gasteiger charge is -2.27. The molecule has 0 radical (unpaired) electrons. The average Bonchev–Trinajstić information content (AvgIpc) is 2.08. The van der Waals surface area contributed by atoms with Crippen molar-refractivity contribution in [2.24, 2.45) is 0 Å². The summed E-state index contributed by atoms with van der Waals surface area (Å²) >= 11 is 0. The second kappa shape index (κ2) is 6.44. The van der Waals surface area contributed by atoms with E-state index in [1.807, 2.05) is 19.0 Å². The number of carboxylic acids is 1. The van der Waals surface area contributed by atoms with Gasteiger partial charge in [-0.25, -0.2) is 4.79 Å². The van der Waals surface area contributed by atoms with E-state index in [9.17, 15) is 9.59 Å². The molecule has 0 aliphatic rings. The summed E-state index contributed by atoms with van der Waals surface area (Å²) in [5, 5.41) is 8.73. The highest BCUT2D eigenvalue weighted by molar-refractivity contribution is 5.76. The first-order valence-electron chi connectivity index (χ1n) is 5.46. The molecule has 0 unspecified atom stereocenters.